The maximum atomic E-state index is 10.6. The van der Waals surface area contributed by atoms with Gasteiger partial charge >= 0.3 is 0 Å². The summed E-state index contributed by atoms with van der Waals surface area (Å²) in [7, 11) is 1.61. The second-order valence-corrected chi connectivity index (χ2v) is 6.66. The zero-order valence-corrected chi connectivity index (χ0v) is 16.0. The number of methoxy groups -OCH3 is 1. The highest BCUT2D eigenvalue weighted by Gasteiger charge is 2.10. The third-order valence-corrected chi connectivity index (χ3v) is 4.78. The van der Waals surface area contributed by atoms with E-state index in [1.54, 1.807) is 13.2 Å². The number of nitrogens with one attached hydrogen (secondary N) is 3. The predicted molar refractivity (Wildman–Crippen MR) is 109 cm³/mol. The number of hydrogen-bond donors (Lipinski definition) is 3. The van der Waals surface area contributed by atoms with Gasteiger partial charge in [0.05, 0.1) is 12.6 Å². The van der Waals surface area contributed by atoms with Gasteiger partial charge in [0.25, 0.3) is 0 Å². The number of halogens is 1. The quantitative estimate of drug-likeness (QED) is 0.586. The molecule has 0 saturated carbocycles. The largest absolute Gasteiger partial charge is 0.497 e. The number of nitrogens with zero attached hydrogens (tertiary/aromatic N) is 1. The van der Waals surface area contributed by atoms with Crippen LogP contribution in [0.3, 0.4) is 0 Å². The van der Waals surface area contributed by atoms with E-state index < -0.39 is 0 Å². The molecule has 2 heterocycles. The van der Waals surface area contributed by atoms with E-state index in [1.807, 2.05) is 30.3 Å². The second kappa shape index (κ2) is 9.39. The van der Waals surface area contributed by atoms with Gasteiger partial charge in [0.2, 0.25) is 6.41 Å². The van der Waals surface area contributed by atoms with Crippen LogP contribution in [0.25, 0.3) is 22.0 Å². The summed E-state index contributed by atoms with van der Waals surface area (Å²) in [5, 5.41) is 14.2. The van der Waals surface area contributed by atoms with E-state index in [2.05, 4.69) is 20.8 Å². The number of piperidine rings is 1. The van der Waals surface area contributed by atoms with Gasteiger partial charge in [-0.05, 0) is 61.8 Å². The summed E-state index contributed by atoms with van der Waals surface area (Å²) in [6, 6.07) is 11.2. The summed E-state index contributed by atoms with van der Waals surface area (Å²) in [5.41, 5.74) is 2.61. The number of rotatable bonds is 4. The summed E-state index contributed by atoms with van der Waals surface area (Å²) < 4.78 is 5.23. The molecular formula is C20H23ClN4O2. The maximum Gasteiger partial charge on any atom is 0.212 e. The molecule has 3 N–H and O–H groups in total. The van der Waals surface area contributed by atoms with Gasteiger partial charge in [-0.3, -0.25) is 9.89 Å². The molecule has 2 aromatic carbocycles. The number of fused-ring (bicyclic) bond motifs is 1. The summed E-state index contributed by atoms with van der Waals surface area (Å²) >= 11 is 6.26. The Morgan fingerprint density at radius 1 is 1.15 bits per heavy atom. The third-order valence-electron chi connectivity index (χ3n) is 4.45. The third kappa shape index (κ3) is 4.78. The van der Waals surface area contributed by atoms with Gasteiger partial charge in [0.15, 0.2) is 5.82 Å². The van der Waals surface area contributed by atoms with Crippen molar-refractivity contribution in [3.63, 3.8) is 0 Å². The highest BCUT2D eigenvalue weighted by molar-refractivity contribution is 6.33. The van der Waals surface area contributed by atoms with Gasteiger partial charge < -0.3 is 15.4 Å². The molecule has 0 radical (unpaired) electrons. The molecule has 1 saturated heterocycles. The first kappa shape index (κ1) is 19.2. The van der Waals surface area contributed by atoms with Crippen molar-refractivity contribution < 1.29 is 9.53 Å². The van der Waals surface area contributed by atoms with Gasteiger partial charge in [-0.15, -0.1) is 0 Å². The van der Waals surface area contributed by atoms with E-state index in [1.165, 1.54) is 32.4 Å². The molecule has 0 spiro atoms. The molecule has 1 aliphatic heterocycles. The van der Waals surface area contributed by atoms with Crippen LogP contribution < -0.4 is 15.4 Å². The van der Waals surface area contributed by atoms with Crippen LogP contribution in [0.5, 0.6) is 5.75 Å². The van der Waals surface area contributed by atoms with Crippen LogP contribution in [0.15, 0.2) is 36.4 Å². The fourth-order valence-corrected chi connectivity index (χ4v) is 3.23. The van der Waals surface area contributed by atoms with Crippen molar-refractivity contribution in [2.45, 2.75) is 19.3 Å². The molecule has 0 atom stereocenters. The van der Waals surface area contributed by atoms with Crippen LogP contribution in [0.1, 0.15) is 19.3 Å². The fourth-order valence-electron chi connectivity index (χ4n) is 3.00. The maximum absolute atomic E-state index is 10.6. The van der Waals surface area contributed by atoms with Crippen LogP contribution >= 0.6 is 11.6 Å². The van der Waals surface area contributed by atoms with E-state index in [0.29, 0.717) is 17.3 Å². The number of amides is 1. The topological polar surface area (TPSA) is 79.0 Å². The van der Waals surface area contributed by atoms with Crippen molar-refractivity contribution in [1.82, 2.24) is 15.5 Å². The van der Waals surface area contributed by atoms with E-state index in [0.717, 1.165) is 27.8 Å². The molecule has 0 unspecified atom stereocenters. The van der Waals surface area contributed by atoms with Crippen molar-refractivity contribution in [1.29, 1.82) is 0 Å². The Hall–Kier alpha value is -2.57. The molecule has 1 amide bonds. The molecule has 3 aromatic rings. The van der Waals surface area contributed by atoms with E-state index in [9.17, 15) is 4.79 Å². The lowest BCUT2D eigenvalue weighted by Crippen LogP contribution is -2.21. The first-order valence-corrected chi connectivity index (χ1v) is 9.33. The number of carbonyl (C=O) groups excluding carboxylic acids is 1. The molecule has 27 heavy (non-hydrogen) atoms. The molecule has 142 valence electrons. The minimum Gasteiger partial charge on any atom is -0.497 e. The second-order valence-electron chi connectivity index (χ2n) is 6.25. The zero-order valence-electron chi connectivity index (χ0n) is 15.2. The van der Waals surface area contributed by atoms with Crippen molar-refractivity contribution >= 4 is 34.7 Å². The lowest BCUT2D eigenvalue weighted by atomic mass is 10.0. The van der Waals surface area contributed by atoms with Crippen LogP contribution in [0.4, 0.5) is 5.82 Å². The monoisotopic (exact) mass is 386 g/mol. The summed E-state index contributed by atoms with van der Waals surface area (Å²) in [6.45, 7) is 2.50. The Balaban J connectivity index is 0.000000299. The molecule has 1 aliphatic rings. The number of ether oxygens (including phenoxy) is 1. The number of hydrogen-bond acceptors (Lipinski definition) is 4. The highest BCUT2D eigenvalue weighted by Crippen LogP contribution is 2.34. The van der Waals surface area contributed by atoms with Crippen LogP contribution in [-0.2, 0) is 4.79 Å². The molecule has 1 fully saturated rings. The Bertz CT molecular complexity index is 895. The van der Waals surface area contributed by atoms with E-state index >= 15 is 0 Å². The Kier molecular flexibility index (Phi) is 6.68. The fraction of sp³-hybridized carbons (Fsp3) is 0.300. The van der Waals surface area contributed by atoms with Crippen molar-refractivity contribution in [2.24, 2.45) is 0 Å². The molecule has 0 aliphatic carbocycles. The highest BCUT2D eigenvalue weighted by atomic mass is 35.5. The zero-order chi connectivity index (χ0) is 19.1. The molecule has 4 rings (SSSR count). The number of aromatic amines is 1. The predicted octanol–water partition coefficient (Wildman–Crippen LogP) is 4.22. The smallest absolute Gasteiger partial charge is 0.212 e. The summed E-state index contributed by atoms with van der Waals surface area (Å²) in [4.78, 5) is 10.6. The number of benzene rings is 2. The van der Waals surface area contributed by atoms with Crippen molar-refractivity contribution in [3.8, 4) is 16.9 Å². The molecule has 0 bridgehead atoms. The number of carbonyl (C=O) groups is 1. The molecule has 1 aromatic heterocycles. The Morgan fingerprint density at radius 3 is 2.59 bits per heavy atom. The standard InChI is InChI=1S/C15H12ClN3O2.C5H11N/c1-21-10-3-4-13(16)11(7-10)9-2-5-14-12(6-9)15(17-8-20)19-18-14;1-2-4-6-5-3-1/h2-8H,1H3,(H2,17,18,19,20);6H,1-5H2. The Morgan fingerprint density at radius 2 is 1.96 bits per heavy atom. The lowest BCUT2D eigenvalue weighted by Gasteiger charge is -2.08. The number of aromatic nitrogens is 2. The van der Waals surface area contributed by atoms with Crippen molar-refractivity contribution in [2.75, 3.05) is 25.5 Å². The first-order chi connectivity index (χ1) is 13.2. The van der Waals surface area contributed by atoms with Crippen LogP contribution in [0, 0.1) is 0 Å². The SMILES string of the molecule is C1CCNCC1.COc1ccc(Cl)c(-c2ccc3[nH]nc(NC=O)c3c2)c1. The minimum atomic E-state index is 0.487. The van der Waals surface area contributed by atoms with Gasteiger partial charge in [-0.25, -0.2) is 0 Å². The van der Waals surface area contributed by atoms with Crippen LogP contribution in [-0.4, -0.2) is 36.8 Å². The molecule has 7 heteroatoms. The van der Waals surface area contributed by atoms with Gasteiger partial charge in [-0.1, -0.05) is 24.1 Å². The van der Waals surface area contributed by atoms with Crippen LogP contribution in [0.2, 0.25) is 5.02 Å². The van der Waals surface area contributed by atoms with Gasteiger partial charge in [0.1, 0.15) is 5.75 Å². The Labute approximate surface area is 163 Å². The lowest BCUT2D eigenvalue weighted by molar-refractivity contribution is -0.105. The van der Waals surface area contributed by atoms with Crippen molar-refractivity contribution in [3.05, 3.63) is 41.4 Å². The summed E-state index contributed by atoms with van der Waals surface area (Å²) in [6.07, 6.45) is 4.81. The van der Waals surface area contributed by atoms with Gasteiger partial charge in [0, 0.05) is 16.0 Å². The molecule has 6 nitrogen and oxygen atoms in total. The van der Waals surface area contributed by atoms with E-state index in [-0.39, 0.29) is 0 Å². The molecular weight excluding hydrogens is 364 g/mol. The number of anilines is 1. The van der Waals surface area contributed by atoms with E-state index in [4.69, 9.17) is 16.3 Å². The average molecular weight is 387 g/mol. The number of H-pyrrole nitrogens is 1. The van der Waals surface area contributed by atoms with Gasteiger partial charge in [-0.2, -0.15) is 5.10 Å². The first-order valence-electron chi connectivity index (χ1n) is 8.96. The average Bonchev–Trinajstić information content (AvgIpc) is 3.13. The summed E-state index contributed by atoms with van der Waals surface area (Å²) in [5.74, 6) is 1.22. The minimum absolute atomic E-state index is 0.487. The normalized spacial score (nSPS) is 13.6.